The van der Waals surface area contributed by atoms with Crippen LogP contribution in [0.3, 0.4) is 0 Å². The Balaban J connectivity index is 2.16. The minimum Gasteiger partial charge on any atom is -0.257 e. The van der Waals surface area contributed by atoms with Crippen LogP contribution < -0.4 is 0 Å². The molecule has 2 heterocycles. The predicted molar refractivity (Wildman–Crippen MR) is 65.0 cm³/mol. The second-order valence-corrected chi connectivity index (χ2v) is 3.22. The summed E-state index contributed by atoms with van der Waals surface area (Å²) in [6, 6.07) is 3.33. The SMILES string of the molecule is [2H]c1c([2H])c([2H])c(-c2n[nH]c(-c3ccccn3)n2)c([2H])c1[2H]. The zero-order valence-electron chi connectivity index (χ0n) is 13.7. The monoisotopic (exact) mass is 227 g/mol. The zero-order valence-corrected chi connectivity index (χ0v) is 8.65. The van der Waals surface area contributed by atoms with Gasteiger partial charge in [-0.2, -0.15) is 5.10 Å². The molecule has 0 radical (unpaired) electrons. The fourth-order valence-corrected chi connectivity index (χ4v) is 1.35. The van der Waals surface area contributed by atoms with Crippen LogP contribution in [-0.4, -0.2) is 20.2 Å². The molecule has 0 bridgehead atoms. The van der Waals surface area contributed by atoms with Gasteiger partial charge in [-0.1, -0.05) is 36.3 Å². The third-order valence-corrected chi connectivity index (χ3v) is 2.12. The Bertz CT molecular complexity index is 818. The van der Waals surface area contributed by atoms with Gasteiger partial charge in [0.1, 0.15) is 5.69 Å². The molecule has 0 unspecified atom stereocenters. The summed E-state index contributed by atoms with van der Waals surface area (Å²) in [6.07, 6.45) is 1.60. The highest BCUT2D eigenvalue weighted by Crippen LogP contribution is 2.17. The summed E-state index contributed by atoms with van der Waals surface area (Å²) in [6.45, 7) is 0. The van der Waals surface area contributed by atoms with Gasteiger partial charge in [0, 0.05) is 11.8 Å². The molecule has 4 nitrogen and oxygen atoms in total. The minimum atomic E-state index is -0.445. The van der Waals surface area contributed by atoms with Crippen molar-refractivity contribution in [3.8, 4) is 22.9 Å². The Morgan fingerprint density at radius 3 is 2.76 bits per heavy atom. The lowest BCUT2D eigenvalue weighted by atomic mass is 10.2. The molecule has 1 N–H and O–H groups in total. The van der Waals surface area contributed by atoms with Crippen molar-refractivity contribution < 1.29 is 6.85 Å². The second kappa shape index (κ2) is 4.17. The van der Waals surface area contributed by atoms with Crippen molar-refractivity contribution in [3.63, 3.8) is 0 Å². The molecule has 4 heteroatoms. The molecule has 0 saturated carbocycles. The molecule has 0 atom stereocenters. The number of aromatic nitrogens is 4. The van der Waals surface area contributed by atoms with Crippen molar-refractivity contribution in [2.45, 2.75) is 0 Å². The maximum Gasteiger partial charge on any atom is 0.181 e. The van der Waals surface area contributed by atoms with E-state index < -0.39 is 18.1 Å². The molecule has 82 valence electrons. The topological polar surface area (TPSA) is 54.5 Å². The number of pyridine rings is 1. The first kappa shape index (κ1) is 5.72. The van der Waals surface area contributed by atoms with Crippen LogP contribution in [0.4, 0.5) is 0 Å². The average Bonchev–Trinajstić information content (AvgIpc) is 3.02. The van der Waals surface area contributed by atoms with Crippen molar-refractivity contribution in [1.82, 2.24) is 20.2 Å². The summed E-state index contributed by atoms with van der Waals surface area (Å²) in [5.41, 5.74) is 0.512. The molecule has 17 heavy (non-hydrogen) atoms. The van der Waals surface area contributed by atoms with E-state index in [0.29, 0.717) is 11.5 Å². The molecular weight excluding hydrogens is 212 g/mol. The standard InChI is InChI=1S/C13H10N4/c1-2-6-10(7-3-1)12-15-13(17-16-12)11-8-4-5-9-14-11/h1-9H,(H,15,16,17)/i1D,2D,3D,6D,7D. The quantitative estimate of drug-likeness (QED) is 0.732. The van der Waals surface area contributed by atoms with Crippen LogP contribution in [0.15, 0.2) is 54.6 Å². The number of benzene rings is 1. The van der Waals surface area contributed by atoms with Gasteiger partial charge in [-0.05, 0) is 12.1 Å². The van der Waals surface area contributed by atoms with Crippen LogP contribution in [0, 0.1) is 0 Å². The van der Waals surface area contributed by atoms with E-state index in [9.17, 15) is 0 Å². The molecule has 0 fully saturated rings. The van der Waals surface area contributed by atoms with Crippen molar-refractivity contribution in [1.29, 1.82) is 0 Å². The molecule has 0 aliphatic rings. The van der Waals surface area contributed by atoms with Crippen LogP contribution in [0.2, 0.25) is 0 Å². The van der Waals surface area contributed by atoms with Crippen LogP contribution >= 0.6 is 0 Å². The number of H-pyrrole nitrogens is 1. The van der Waals surface area contributed by atoms with Gasteiger partial charge < -0.3 is 0 Å². The molecule has 2 aromatic heterocycles. The molecule has 0 spiro atoms. The zero-order chi connectivity index (χ0) is 15.9. The maximum absolute atomic E-state index is 7.90. The fourth-order valence-electron chi connectivity index (χ4n) is 1.35. The highest BCUT2D eigenvalue weighted by Gasteiger charge is 2.07. The van der Waals surface area contributed by atoms with E-state index in [1.807, 2.05) is 0 Å². The average molecular weight is 227 g/mol. The van der Waals surface area contributed by atoms with Crippen molar-refractivity contribution >= 4 is 0 Å². The third-order valence-electron chi connectivity index (χ3n) is 2.12. The van der Waals surface area contributed by atoms with Crippen molar-refractivity contribution in [2.24, 2.45) is 0 Å². The Labute approximate surface area is 105 Å². The summed E-state index contributed by atoms with van der Waals surface area (Å²) in [4.78, 5) is 8.31. The molecule has 0 aliphatic heterocycles. The summed E-state index contributed by atoms with van der Waals surface area (Å²) in [5.74, 6) is 0.403. The first-order valence-corrected chi connectivity index (χ1v) is 4.91. The summed E-state index contributed by atoms with van der Waals surface area (Å²) in [5, 5.41) is 6.62. The van der Waals surface area contributed by atoms with Gasteiger partial charge in [-0.3, -0.25) is 10.1 Å². The summed E-state index contributed by atoms with van der Waals surface area (Å²) in [7, 11) is 0. The maximum atomic E-state index is 7.90. The molecule has 3 aromatic rings. The van der Waals surface area contributed by atoms with Crippen molar-refractivity contribution in [2.75, 3.05) is 0 Å². The number of hydrogen-bond acceptors (Lipinski definition) is 3. The highest BCUT2D eigenvalue weighted by molar-refractivity contribution is 5.58. The van der Waals surface area contributed by atoms with Gasteiger partial charge in [-0.15, -0.1) is 0 Å². The number of rotatable bonds is 2. The second-order valence-electron chi connectivity index (χ2n) is 3.22. The minimum absolute atomic E-state index is 0.0376. The lowest BCUT2D eigenvalue weighted by Gasteiger charge is -1.93. The number of nitrogens with zero attached hydrogens (tertiary/aromatic N) is 3. The third kappa shape index (κ3) is 1.92. The van der Waals surface area contributed by atoms with Crippen LogP contribution in [0.5, 0.6) is 0 Å². The van der Waals surface area contributed by atoms with Gasteiger partial charge in [0.2, 0.25) is 0 Å². The predicted octanol–water partition coefficient (Wildman–Crippen LogP) is 2.53. The van der Waals surface area contributed by atoms with Crippen LogP contribution in [-0.2, 0) is 0 Å². The molecule has 3 rings (SSSR count). The van der Waals surface area contributed by atoms with Gasteiger partial charge in [-0.25, -0.2) is 4.98 Å². The van der Waals surface area contributed by atoms with Crippen LogP contribution in [0.25, 0.3) is 22.9 Å². The first-order valence-electron chi connectivity index (χ1n) is 7.41. The van der Waals surface area contributed by atoms with E-state index in [-0.39, 0.29) is 23.5 Å². The van der Waals surface area contributed by atoms with E-state index in [1.54, 1.807) is 24.4 Å². The van der Waals surface area contributed by atoms with Gasteiger partial charge >= 0.3 is 0 Å². The van der Waals surface area contributed by atoms with E-state index in [2.05, 4.69) is 20.2 Å². The summed E-state index contributed by atoms with van der Waals surface area (Å²) >= 11 is 0. The normalized spacial score (nSPS) is 14.5. The van der Waals surface area contributed by atoms with E-state index in [0.717, 1.165) is 0 Å². The summed E-state index contributed by atoms with van der Waals surface area (Å²) < 4.78 is 38.7. The lowest BCUT2D eigenvalue weighted by Crippen LogP contribution is -1.84. The number of nitrogens with one attached hydrogen (secondary N) is 1. The Morgan fingerprint density at radius 1 is 1.12 bits per heavy atom. The number of aromatic amines is 1. The fraction of sp³-hybridized carbons (Fsp3) is 0. The Kier molecular flexibility index (Phi) is 1.40. The molecular formula is C13H10N4. The van der Waals surface area contributed by atoms with Gasteiger partial charge in [0.15, 0.2) is 11.6 Å². The number of hydrogen-bond donors (Lipinski definition) is 1. The smallest absolute Gasteiger partial charge is 0.181 e. The molecule has 0 saturated heterocycles. The lowest BCUT2D eigenvalue weighted by molar-refractivity contribution is 1.09. The Morgan fingerprint density at radius 2 is 2.00 bits per heavy atom. The van der Waals surface area contributed by atoms with Gasteiger partial charge in [0.25, 0.3) is 0 Å². The van der Waals surface area contributed by atoms with E-state index in [1.165, 1.54) is 0 Å². The largest absolute Gasteiger partial charge is 0.257 e. The molecule has 0 amide bonds. The van der Waals surface area contributed by atoms with Gasteiger partial charge in [0.05, 0.1) is 6.85 Å². The molecule has 0 aliphatic carbocycles. The highest BCUT2D eigenvalue weighted by atomic mass is 15.2. The van der Waals surface area contributed by atoms with Crippen LogP contribution in [0.1, 0.15) is 6.85 Å². The Hall–Kier alpha value is -2.49. The van der Waals surface area contributed by atoms with E-state index >= 15 is 0 Å². The first-order chi connectivity index (χ1) is 10.5. The van der Waals surface area contributed by atoms with E-state index in [4.69, 9.17) is 6.85 Å². The van der Waals surface area contributed by atoms with Crippen molar-refractivity contribution in [3.05, 3.63) is 54.6 Å². The molecule has 1 aromatic carbocycles.